The van der Waals surface area contributed by atoms with Crippen molar-refractivity contribution in [1.82, 2.24) is 10.2 Å². The van der Waals surface area contributed by atoms with E-state index >= 15 is 0 Å². The number of nitrogens with one attached hydrogen (secondary N) is 1. The summed E-state index contributed by atoms with van der Waals surface area (Å²) in [5.74, 6) is 0.0721. The zero-order valence-corrected chi connectivity index (χ0v) is 13.0. The van der Waals surface area contributed by atoms with Crippen molar-refractivity contribution in [2.24, 2.45) is 5.73 Å². The number of rotatable bonds is 3. The van der Waals surface area contributed by atoms with Crippen molar-refractivity contribution in [3.8, 4) is 0 Å². The van der Waals surface area contributed by atoms with Crippen molar-refractivity contribution in [2.45, 2.75) is 25.4 Å². The van der Waals surface area contributed by atoms with E-state index in [0.717, 1.165) is 10.3 Å². The van der Waals surface area contributed by atoms with Crippen molar-refractivity contribution >= 4 is 33.2 Å². The highest BCUT2D eigenvalue weighted by atomic mass is 79.9. The number of carbonyl (C=O) groups is 1. The van der Waals surface area contributed by atoms with Crippen molar-refractivity contribution in [2.75, 3.05) is 19.6 Å². The standard InChI is InChI=1S/C12H18BrN3OS/c1-12(2)11(17)15-5-6-16(12)8(7-14)9-3-4-10(13)18-9/h3-4,8H,5-7,14H2,1-2H3,(H,15,17). The Labute approximate surface area is 120 Å². The Morgan fingerprint density at radius 2 is 2.33 bits per heavy atom. The lowest BCUT2D eigenvalue weighted by Crippen LogP contribution is -2.63. The quantitative estimate of drug-likeness (QED) is 0.886. The van der Waals surface area contributed by atoms with Gasteiger partial charge in [-0.2, -0.15) is 0 Å². The maximum Gasteiger partial charge on any atom is 0.240 e. The molecule has 1 atom stereocenters. The summed E-state index contributed by atoms with van der Waals surface area (Å²) < 4.78 is 1.09. The minimum Gasteiger partial charge on any atom is -0.353 e. The van der Waals surface area contributed by atoms with Gasteiger partial charge in [0.25, 0.3) is 0 Å². The van der Waals surface area contributed by atoms with Crippen LogP contribution in [0.4, 0.5) is 0 Å². The minimum absolute atomic E-state index is 0.0721. The lowest BCUT2D eigenvalue weighted by Gasteiger charge is -2.45. The van der Waals surface area contributed by atoms with Crippen LogP contribution in [-0.4, -0.2) is 36.0 Å². The van der Waals surface area contributed by atoms with Crippen LogP contribution in [0, 0.1) is 0 Å². The van der Waals surface area contributed by atoms with E-state index in [1.165, 1.54) is 4.88 Å². The van der Waals surface area contributed by atoms with Crippen LogP contribution in [0.3, 0.4) is 0 Å². The molecule has 4 nitrogen and oxygen atoms in total. The molecule has 18 heavy (non-hydrogen) atoms. The molecular formula is C12H18BrN3OS. The van der Waals surface area contributed by atoms with Gasteiger partial charge in [-0.1, -0.05) is 0 Å². The zero-order valence-electron chi connectivity index (χ0n) is 10.6. The molecule has 0 spiro atoms. The molecule has 1 aliphatic rings. The highest BCUT2D eigenvalue weighted by molar-refractivity contribution is 9.11. The SMILES string of the molecule is CC1(C)C(=O)NCCN1C(CN)c1ccc(Br)s1. The average molecular weight is 332 g/mol. The van der Waals surface area contributed by atoms with Gasteiger partial charge in [0, 0.05) is 24.5 Å². The number of amides is 1. The molecule has 2 heterocycles. The first-order valence-electron chi connectivity index (χ1n) is 5.97. The molecule has 0 bridgehead atoms. The van der Waals surface area contributed by atoms with Crippen LogP contribution in [-0.2, 0) is 4.79 Å². The summed E-state index contributed by atoms with van der Waals surface area (Å²) >= 11 is 5.15. The Morgan fingerprint density at radius 3 is 2.89 bits per heavy atom. The molecular weight excluding hydrogens is 314 g/mol. The first kappa shape index (κ1) is 14.0. The summed E-state index contributed by atoms with van der Waals surface area (Å²) in [7, 11) is 0. The van der Waals surface area contributed by atoms with E-state index < -0.39 is 5.54 Å². The number of piperazine rings is 1. The average Bonchev–Trinajstić information content (AvgIpc) is 2.72. The number of thiophene rings is 1. The molecule has 1 amide bonds. The Kier molecular flexibility index (Phi) is 4.11. The Hall–Kier alpha value is -0.430. The molecule has 1 fully saturated rings. The van der Waals surface area contributed by atoms with Gasteiger partial charge in [-0.05, 0) is 41.9 Å². The van der Waals surface area contributed by atoms with Gasteiger partial charge < -0.3 is 11.1 Å². The van der Waals surface area contributed by atoms with Crippen molar-refractivity contribution in [3.63, 3.8) is 0 Å². The van der Waals surface area contributed by atoms with Crippen LogP contribution in [0.25, 0.3) is 0 Å². The van der Waals surface area contributed by atoms with Gasteiger partial charge in [0.1, 0.15) is 0 Å². The molecule has 1 aromatic rings. The molecule has 0 aliphatic carbocycles. The molecule has 0 aromatic carbocycles. The number of nitrogens with two attached hydrogens (primary N) is 1. The maximum absolute atomic E-state index is 12.0. The largest absolute Gasteiger partial charge is 0.353 e. The van der Waals surface area contributed by atoms with Crippen molar-refractivity contribution in [1.29, 1.82) is 0 Å². The van der Waals surface area contributed by atoms with Crippen LogP contribution in [0.15, 0.2) is 15.9 Å². The summed E-state index contributed by atoms with van der Waals surface area (Å²) in [6.07, 6.45) is 0. The summed E-state index contributed by atoms with van der Waals surface area (Å²) in [4.78, 5) is 15.4. The molecule has 1 unspecified atom stereocenters. The minimum atomic E-state index is -0.515. The molecule has 6 heteroatoms. The van der Waals surface area contributed by atoms with E-state index in [4.69, 9.17) is 5.73 Å². The second-order valence-electron chi connectivity index (χ2n) is 4.90. The van der Waals surface area contributed by atoms with E-state index in [2.05, 4.69) is 32.2 Å². The van der Waals surface area contributed by atoms with Crippen LogP contribution >= 0.6 is 27.3 Å². The van der Waals surface area contributed by atoms with E-state index in [9.17, 15) is 4.79 Å². The second-order valence-corrected chi connectivity index (χ2v) is 7.40. The van der Waals surface area contributed by atoms with E-state index in [0.29, 0.717) is 13.1 Å². The molecule has 0 saturated carbocycles. The number of halogens is 1. The molecule has 1 saturated heterocycles. The monoisotopic (exact) mass is 331 g/mol. The van der Waals surface area contributed by atoms with Gasteiger partial charge >= 0.3 is 0 Å². The van der Waals surface area contributed by atoms with Gasteiger partial charge in [-0.15, -0.1) is 11.3 Å². The molecule has 1 aromatic heterocycles. The fourth-order valence-corrected chi connectivity index (χ4v) is 3.92. The number of hydrogen-bond donors (Lipinski definition) is 2. The van der Waals surface area contributed by atoms with Gasteiger partial charge in [0.05, 0.1) is 15.4 Å². The summed E-state index contributed by atoms with van der Waals surface area (Å²) in [5.41, 5.74) is 5.41. The van der Waals surface area contributed by atoms with Crippen LogP contribution < -0.4 is 11.1 Å². The third-order valence-electron chi connectivity index (χ3n) is 3.43. The van der Waals surface area contributed by atoms with Crippen LogP contribution in [0.5, 0.6) is 0 Å². The topological polar surface area (TPSA) is 58.4 Å². The fourth-order valence-electron chi connectivity index (χ4n) is 2.37. The van der Waals surface area contributed by atoms with E-state index in [1.807, 2.05) is 19.9 Å². The fraction of sp³-hybridized carbons (Fsp3) is 0.583. The normalized spacial score (nSPS) is 21.7. The lowest BCUT2D eigenvalue weighted by atomic mass is 9.96. The summed E-state index contributed by atoms with van der Waals surface area (Å²) in [5, 5.41) is 2.91. The number of nitrogens with zero attached hydrogens (tertiary/aromatic N) is 1. The predicted octanol–water partition coefficient (Wildman–Crippen LogP) is 1.72. The molecule has 3 N–H and O–H groups in total. The number of carbonyl (C=O) groups excluding carboxylic acids is 1. The van der Waals surface area contributed by atoms with E-state index in [-0.39, 0.29) is 11.9 Å². The predicted molar refractivity (Wildman–Crippen MR) is 77.6 cm³/mol. The Bertz CT molecular complexity index is 446. The molecule has 100 valence electrons. The Balaban J connectivity index is 2.29. The maximum atomic E-state index is 12.0. The molecule has 2 rings (SSSR count). The van der Waals surface area contributed by atoms with Crippen molar-refractivity contribution < 1.29 is 4.79 Å². The summed E-state index contributed by atoms with van der Waals surface area (Å²) in [6.45, 7) is 5.94. The van der Waals surface area contributed by atoms with Crippen LogP contribution in [0.1, 0.15) is 24.8 Å². The zero-order chi connectivity index (χ0) is 13.3. The lowest BCUT2D eigenvalue weighted by molar-refractivity contribution is -0.137. The van der Waals surface area contributed by atoms with Crippen LogP contribution in [0.2, 0.25) is 0 Å². The molecule has 0 radical (unpaired) electrons. The van der Waals surface area contributed by atoms with Gasteiger partial charge in [0.15, 0.2) is 0 Å². The summed E-state index contributed by atoms with van der Waals surface area (Å²) in [6, 6.07) is 4.21. The van der Waals surface area contributed by atoms with Gasteiger partial charge in [-0.3, -0.25) is 9.69 Å². The van der Waals surface area contributed by atoms with Crippen molar-refractivity contribution in [3.05, 3.63) is 20.8 Å². The highest BCUT2D eigenvalue weighted by Gasteiger charge is 2.41. The second kappa shape index (κ2) is 5.28. The number of hydrogen-bond acceptors (Lipinski definition) is 4. The highest BCUT2D eigenvalue weighted by Crippen LogP contribution is 2.34. The molecule has 1 aliphatic heterocycles. The third kappa shape index (κ3) is 2.47. The van der Waals surface area contributed by atoms with Gasteiger partial charge in [-0.25, -0.2) is 0 Å². The first-order chi connectivity index (χ1) is 8.46. The smallest absolute Gasteiger partial charge is 0.240 e. The third-order valence-corrected chi connectivity index (χ3v) is 5.16. The first-order valence-corrected chi connectivity index (χ1v) is 7.58. The van der Waals surface area contributed by atoms with Gasteiger partial charge in [0.2, 0.25) is 5.91 Å². The van der Waals surface area contributed by atoms with E-state index in [1.54, 1.807) is 11.3 Å². The Morgan fingerprint density at radius 1 is 1.61 bits per heavy atom.